The van der Waals surface area contributed by atoms with Crippen LogP contribution in [0.1, 0.15) is 36.8 Å². The van der Waals surface area contributed by atoms with E-state index >= 15 is 0 Å². The molecular weight excluding hydrogens is 490 g/mol. The Labute approximate surface area is 188 Å². The molecule has 1 aromatic carbocycles. The highest BCUT2D eigenvalue weighted by Crippen LogP contribution is 2.39. The van der Waals surface area contributed by atoms with Gasteiger partial charge in [0.05, 0.1) is 12.0 Å². The molecule has 9 heteroatoms. The van der Waals surface area contributed by atoms with E-state index in [1.807, 2.05) is 0 Å². The van der Waals surface area contributed by atoms with E-state index in [9.17, 15) is 9.18 Å². The fourth-order valence-corrected chi connectivity index (χ4v) is 4.03. The van der Waals surface area contributed by atoms with Crippen LogP contribution in [0.5, 0.6) is 5.75 Å². The summed E-state index contributed by atoms with van der Waals surface area (Å²) in [6.45, 7) is 1.37. The van der Waals surface area contributed by atoms with E-state index in [0.29, 0.717) is 42.5 Å². The number of rotatable bonds is 5. The van der Waals surface area contributed by atoms with Gasteiger partial charge in [0.15, 0.2) is 12.8 Å². The lowest BCUT2D eigenvalue weighted by molar-refractivity contribution is -0.138. The van der Waals surface area contributed by atoms with Crippen molar-refractivity contribution in [3.8, 4) is 5.75 Å². The van der Waals surface area contributed by atoms with Crippen LogP contribution in [0, 0.1) is 11.2 Å². The van der Waals surface area contributed by atoms with Gasteiger partial charge in [-0.15, -0.1) is 24.0 Å². The SMILES string of the molecule is CN=C(NCc1cc(F)cc2c1OCOC2)NCC1(C(=O)N(C)C)CCCC1.I. The molecule has 1 aliphatic heterocycles. The second-order valence-electron chi connectivity index (χ2n) is 7.63. The Kier molecular flexibility index (Phi) is 8.50. The average Bonchev–Trinajstić information content (AvgIpc) is 3.17. The molecule has 0 atom stereocenters. The maximum atomic E-state index is 13.9. The van der Waals surface area contributed by atoms with Gasteiger partial charge in [0, 0.05) is 45.4 Å². The van der Waals surface area contributed by atoms with Crippen molar-refractivity contribution in [1.29, 1.82) is 0 Å². The van der Waals surface area contributed by atoms with Gasteiger partial charge in [-0.25, -0.2) is 4.39 Å². The summed E-state index contributed by atoms with van der Waals surface area (Å²) < 4.78 is 24.7. The quantitative estimate of drug-likeness (QED) is 0.355. The maximum Gasteiger partial charge on any atom is 0.230 e. The topological polar surface area (TPSA) is 75.2 Å². The second kappa shape index (κ2) is 10.4. The molecule has 1 aliphatic carbocycles. The van der Waals surface area contributed by atoms with Crippen LogP contribution in [-0.2, 0) is 22.7 Å². The van der Waals surface area contributed by atoms with Crippen LogP contribution in [-0.4, -0.2) is 51.2 Å². The van der Waals surface area contributed by atoms with Crippen LogP contribution >= 0.6 is 24.0 Å². The third-order valence-electron chi connectivity index (χ3n) is 5.44. The first-order valence-electron chi connectivity index (χ1n) is 9.63. The number of hydrogen-bond acceptors (Lipinski definition) is 4. The first-order chi connectivity index (χ1) is 13.4. The van der Waals surface area contributed by atoms with Crippen LogP contribution in [0.4, 0.5) is 4.39 Å². The fraction of sp³-hybridized carbons (Fsp3) is 0.600. The van der Waals surface area contributed by atoms with Crippen molar-refractivity contribution in [2.45, 2.75) is 38.8 Å². The van der Waals surface area contributed by atoms with Gasteiger partial charge in [-0.3, -0.25) is 9.79 Å². The van der Waals surface area contributed by atoms with Crippen molar-refractivity contribution in [2.75, 3.05) is 34.5 Å². The van der Waals surface area contributed by atoms with Gasteiger partial charge in [0.2, 0.25) is 5.91 Å². The van der Waals surface area contributed by atoms with E-state index < -0.39 is 0 Å². The lowest BCUT2D eigenvalue weighted by atomic mass is 9.84. The number of benzene rings is 1. The number of carbonyl (C=O) groups excluding carboxylic acids is 1. The Hall–Kier alpha value is -1.62. The van der Waals surface area contributed by atoms with Gasteiger partial charge in [0.25, 0.3) is 0 Å². The highest BCUT2D eigenvalue weighted by atomic mass is 127. The van der Waals surface area contributed by atoms with Crippen molar-refractivity contribution in [2.24, 2.45) is 10.4 Å². The van der Waals surface area contributed by atoms with Gasteiger partial charge < -0.3 is 25.0 Å². The molecule has 0 aromatic heterocycles. The molecule has 1 saturated carbocycles. The minimum atomic E-state index is -0.389. The van der Waals surface area contributed by atoms with Crippen LogP contribution in [0.2, 0.25) is 0 Å². The summed E-state index contributed by atoms with van der Waals surface area (Å²) in [6, 6.07) is 2.89. The molecule has 0 saturated heterocycles. The fourth-order valence-electron chi connectivity index (χ4n) is 4.03. The summed E-state index contributed by atoms with van der Waals surface area (Å²) in [5.74, 6) is 1.06. The Bertz CT molecular complexity index is 751. The van der Waals surface area contributed by atoms with Gasteiger partial charge in [-0.2, -0.15) is 0 Å². The number of fused-ring (bicyclic) bond motifs is 1. The monoisotopic (exact) mass is 520 g/mol. The zero-order chi connectivity index (χ0) is 20.1. The standard InChI is InChI=1S/C20H29FN4O3.HI/c1-22-19(24-12-20(6-4-5-7-20)18(26)25(2)3)23-10-14-8-16(21)9-15-11-27-13-28-17(14)15;/h8-9H,4-7,10-13H2,1-3H3,(H2,22,23,24);1H. The van der Waals surface area contributed by atoms with Crippen molar-refractivity contribution in [1.82, 2.24) is 15.5 Å². The summed E-state index contributed by atoms with van der Waals surface area (Å²) in [6.07, 6.45) is 3.86. The number of amides is 1. The smallest absolute Gasteiger partial charge is 0.230 e. The van der Waals surface area contributed by atoms with Crippen molar-refractivity contribution in [3.05, 3.63) is 29.1 Å². The predicted molar refractivity (Wildman–Crippen MR) is 120 cm³/mol. The summed E-state index contributed by atoms with van der Waals surface area (Å²) in [5.41, 5.74) is 1.02. The molecule has 1 heterocycles. The summed E-state index contributed by atoms with van der Waals surface area (Å²) >= 11 is 0. The number of nitrogens with one attached hydrogen (secondary N) is 2. The molecule has 0 unspecified atom stereocenters. The molecule has 162 valence electrons. The average molecular weight is 520 g/mol. The third kappa shape index (κ3) is 5.50. The Balaban J connectivity index is 0.00000300. The summed E-state index contributed by atoms with van der Waals surface area (Å²) in [4.78, 5) is 18.6. The normalized spacial score (nSPS) is 17.6. The van der Waals surface area contributed by atoms with Crippen molar-refractivity contribution in [3.63, 3.8) is 0 Å². The number of aliphatic imine (C=N–C) groups is 1. The van der Waals surface area contributed by atoms with E-state index in [-0.39, 0.29) is 47.9 Å². The molecular formula is C20H30FIN4O3. The molecule has 1 aromatic rings. The Morgan fingerprint density at radius 1 is 1.28 bits per heavy atom. The maximum absolute atomic E-state index is 13.9. The van der Waals surface area contributed by atoms with Crippen LogP contribution in [0.25, 0.3) is 0 Å². The van der Waals surface area contributed by atoms with E-state index in [0.717, 1.165) is 25.7 Å². The predicted octanol–water partition coefficient (Wildman–Crippen LogP) is 2.62. The molecule has 0 radical (unpaired) electrons. The number of hydrogen-bond donors (Lipinski definition) is 2. The largest absolute Gasteiger partial charge is 0.467 e. The third-order valence-corrected chi connectivity index (χ3v) is 5.44. The number of nitrogens with zero attached hydrogens (tertiary/aromatic N) is 2. The molecule has 3 rings (SSSR count). The first kappa shape index (κ1) is 23.7. The van der Waals surface area contributed by atoms with E-state index in [4.69, 9.17) is 9.47 Å². The van der Waals surface area contributed by atoms with Crippen LogP contribution < -0.4 is 15.4 Å². The number of halogens is 2. The van der Waals surface area contributed by atoms with Crippen LogP contribution in [0.15, 0.2) is 17.1 Å². The zero-order valence-corrected chi connectivity index (χ0v) is 19.5. The van der Waals surface area contributed by atoms with Gasteiger partial charge >= 0.3 is 0 Å². The number of guanidine groups is 1. The van der Waals surface area contributed by atoms with Gasteiger partial charge in [-0.1, -0.05) is 12.8 Å². The molecule has 0 spiro atoms. The lowest BCUT2D eigenvalue weighted by Crippen LogP contribution is -2.49. The summed E-state index contributed by atoms with van der Waals surface area (Å²) in [5, 5.41) is 6.48. The minimum absolute atomic E-state index is 0. The Morgan fingerprint density at radius 3 is 2.66 bits per heavy atom. The van der Waals surface area contributed by atoms with Gasteiger partial charge in [0.1, 0.15) is 11.6 Å². The first-order valence-corrected chi connectivity index (χ1v) is 9.63. The van der Waals surface area contributed by atoms with E-state index in [2.05, 4.69) is 15.6 Å². The van der Waals surface area contributed by atoms with Crippen molar-refractivity contribution < 1.29 is 18.7 Å². The molecule has 2 aliphatic rings. The number of ether oxygens (including phenoxy) is 2. The highest BCUT2D eigenvalue weighted by Gasteiger charge is 2.42. The van der Waals surface area contributed by atoms with Crippen LogP contribution in [0.3, 0.4) is 0 Å². The Morgan fingerprint density at radius 2 is 2.00 bits per heavy atom. The molecule has 7 nitrogen and oxygen atoms in total. The highest BCUT2D eigenvalue weighted by molar-refractivity contribution is 14.0. The lowest BCUT2D eigenvalue weighted by Gasteiger charge is -2.31. The second-order valence-corrected chi connectivity index (χ2v) is 7.63. The minimum Gasteiger partial charge on any atom is -0.467 e. The summed E-state index contributed by atoms with van der Waals surface area (Å²) in [7, 11) is 5.27. The molecule has 1 fully saturated rings. The molecule has 0 bridgehead atoms. The zero-order valence-electron chi connectivity index (χ0n) is 17.2. The van der Waals surface area contributed by atoms with Gasteiger partial charge in [-0.05, 0) is 25.0 Å². The van der Waals surface area contributed by atoms with E-state index in [1.165, 1.54) is 12.1 Å². The number of carbonyl (C=O) groups is 1. The van der Waals surface area contributed by atoms with E-state index in [1.54, 1.807) is 26.0 Å². The molecule has 29 heavy (non-hydrogen) atoms. The van der Waals surface area contributed by atoms with Crippen molar-refractivity contribution >= 4 is 35.8 Å². The molecule has 1 amide bonds. The molecule has 2 N–H and O–H groups in total.